The Morgan fingerprint density at radius 3 is 2.16 bits per heavy atom. The summed E-state index contributed by atoms with van der Waals surface area (Å²) in [4.78, 5) is 4.55. The van der Waals surface area contributed by atoms with E-state index in [0.29, 0.717) is 18.2 Å². The quantitative estimate of drug-likeness (QED) is 0.615. The van der Waals surface area contributed by atoms with Crippen LogP contribution in [0, 0.1) is 5.82 Å². The minimum absolute atomic E-state index is 0. The van der Waals surface area contributed by atoms with E-state index in [0.717, 1.165) is 45.1 Å². The molecule has 1 saturated heterocycles. The van der Waals surface area contributed by atoms with Gasteiger partial charge in [0.05, 0.1) is 5.56 Å². The van der Waals surface area contributed by atoms with Gasteiger partial charge in [0.2, 0.25) is 0 Å². The maximum Gasteiger partial charge on any atom is 0.416 e. The van der Waals surface area contributed by atoms with E-state index < -0.39 is 17.6 Å². The molecule has 0 spiro atoms. The molecule has 0 radical (unpaired) electrons. The van der Waals surface area contributed by atoms with Crippen molar-refractivity contribution in [2.24, 2.45) is 0 Å². The van der Waals surface area contributed by atoms with E-state index in [9.17, 15) is 17.6 Å². The van der Waals surface area contributed by atoms with Crippen molar-refractivity contribution >= 4 is 24.8 Å². The zero-order chi connectivity index (χ0) is 21.4. The SMILES string of the molecule is CN(Cc1cc(F)cc(C(F)(F)F)c1)CC1(N2CCNCC2)Cc2ccccc2C1.Cl.Cl. The van der Waals surface area contributed by atoms with Crippen molar-refractivity contribution < 1.29 is 17.6 Å². The molecule has 2 aromatic rings. The Bertz CT molecular complexity index is 876. The monoisotopic (exact) mass is 493 g/mol. The van der Waals surface area contributed by atoms with Crippen LogP contribution in [-0.2, 0) is 25.6 Å². The van der Waals surface area contributed by atoms with Crippen LogP contribution >= 0.6 is 24.8 Å². The average Bonchev–Trinajstić information content (AvgIpc) is 3.06. The summed E-state index contributed by atoms with van der Waals surface area (Å²) in [6.07, 6.45) is -2.71. The van der Waals surface area contributed by atoms with Crippen molar-refractivity contribution in [2.75, 3.05) is 39.8 Å². The number of piperazine rings is 1. The molecular weight excluding hydrogens is 465 g/mol. The van der Waals surface area contributed by atoms with Gasteiger partial charge in [0, 0.05) is 44.8 Å². The fourth-order valence-electron chi connectivity index (χ4n) is 5.02. The Kier molecular flexibility index (Phi) is 8.98. The first kappa shape index (κ1) is 26.9. The summed E-state index contributed by atoms with van der Waals surface area (Å²) in [5.41, 5.74) is 2.00. The number of nitrogens with zero attached hydrogens (tertiary/aromatic N) is 2. The molecule has 4 rings (SSSR count). The van der Waals surface area contributed by atoms with Gasteiger partial charge in [-0.3, -0.25) is 4.90 Å². The van der Waals surface area contributed by atoms with E-state index in [1.165, 1.54) is 17.2 Å². The number of alkyl halides is 3. The fourth-order valence-corrected chi connectivity index (χ4v) is 5.02. The van der Waals surface area contributed by atoms with E-state index in [1.807, 2.05) is 11.9 Å². The average molecular weight is 494 g/mol. The summed E-state index contributed by atoms with van der Waals surface area (Å²) in [5.74, 6) is -0.849. The molecule has 1 aliphatic heterocycles. The third kappa shape index (κ3) is 5.94. The summed E-state index contributed by atoms with van der Waals surface area (Å²) in [5, 5.41) is 3.39. The number of nitrogens with one attached hydrogen (secondary N) is 1. The molecule has 0 bridgehead atoms. The number of halogens is 6. The van der Waals surface area contributed by atoms with Gasteiger partial charge in [0.1, 0.15) is 5.82 Å². The number of likely N-dealkylation sites (N-methyl/N-ethyl adjacent to an activating group) is 1. The Balaban J connectivity index is 0.00000181. The van der Waals surface area contributed by atoms with Crippen molar-refractivity contribution in [3.05, 3.63) is 70.5 Å². The van der Waals surface area contributed by atoms with E-state index in [-0.39, 0.29) is 36.9 Å². The van der Waals surface area contributed by atoms with Crippen LogP contribution in [0.15, 0.2) is 42.5 Å². The molecule has 0 amide bonds. The summed E-state index contributed by atoms with van der Waals surface area (Å²) in [7, 11) is 1.91. The van der Waals surface area contributed by atoms with Crippen LogP contribution in [0.5, 0.6) is 0 Å². The third-order valence-corrected chi connectivity index (χ3v) is 6.25. The first-order valence-electron chi connectivity index (χ1n) is 10.3. The molecule has 1 N–H and O–H groups in total. The number of benzene rings is 2. The van der Waals surface area contributed by atoms with Gasteiger partial charge >= 0.3 is 6.18 Å². The second kappa shape index (κ2) is 10.7. The standard InChI is InChI=1S/C23H27F4N3.2ClH/c1-29(15-17-10-20(23(25,26)27)12-21(24)11-17)16-22(30-8-6-28-7-9-30)13-18-4-2-3-5-19(18)14-22;;/h2-5,10-12,28H,6-9,13-16H2,1H3;2*1H. The first-order valence-corrected chi connectivity index (χ1v) is 10.3. The number of hydrogen-bond acceptors (Lipinski definition) is 3. The van der Waals surface area contributed by atoms with Crippen molar-refractivity contribution in [2.45, 2.75) is 31.1 Å². The predicted molar refractivity (Wildman–Crippen MR) is 123 cm³/mol. The summed E-state index contributed by atoms with van der Waals surface area (Å²) in [6.45, 7) is 4.73. The second-order valence-electron chi connectivity index (χ2n) is 8.60. The normalized spacial score (nSPS) is 18.1. The number of fused-ring (bicyclic) bond motifs is 1. The van der Waals surface area contributed by atoms with Gasteiger partial charge in [-0.25, -0.2) is 4.39 Å². The Labute approximate surface area is 199 Å². The van der Waals surface area contributed by atoms with Gasteiger partial charge in [-0.2, -0.15) is 13.2 Å². The van der Waals surface area contributed by atoms with E-state index in [2.05, 4.69) is 34.5 Å². The maximum atomic E-state index is 13.8. The van der Waals surface area contributed by atoms with E-state index >= 15 is 0 Å². The Morgan fingerprint density at radius 2 is 1.59 bits per heavy atom. The Morgan fingerprint density at radius 1 is 1.00 bits per heavy atom. The maximum absolute atomic E-state index is 13.8. The van der Waals surface area contributed by atoms with Crippen molar-refractivity contribution in [3.63, 3.8) is 0 Å². The van der Waals surface area contributed by atoms with Gasteiger partial charge < -0.3 is 10.2 Å². The second-order valence-corrected chi connectivity index (χ2v) is 8.60. The summed E-state index contributed by atoms with van der Waals surface area (Å²) in [6, 6.07) is 11.3. The smallest absolute Gasteiger partial charge is 0.314 e. The zero-order valence-electron chi connectivity index (χ0n) is 17.9. The van der Waals surface area contributed by atoms with Crippen LogP contribution in [0.3, 0.4) is 0 Å². The van der Waals surface area contributed by atoms with Crippen molar-refractivity contribution in [1.82, 2.24) is 15.1 Å². The van der Waals surface area contributed by atoms with Crippen LogP contribution in [-0.4, -0.2) is 55.1 Å². The first-order chi connectivity index (χ1) is 14.2. The van der Waals surface area contributed by atoms with Gasteiger partial charge in [0.25, 0.3) is 0 Å². The lowest BCUT2D eigenvalue weighted by Crippen LogP contribution is -2.61. The molecule has 32 heavy (non-hydrogen) atoms. The molecule has 1 heterocycles. The lowest BCUT2D eigenvalue weighted by Gasteiger charge is -2.45. The van der Waals surface area contributed by atoms with Crippen LogP contribution in [0.25, 0.3) is 0 Å². The largest absolute Gasteiger partial charge is 0.416 e. The number of rotatable bonds is 5. The van der Waals surface area contributed by atoms with Crippen LogP contribution in [0.1, 0.15) is 22.3 Å². The van der Waals surface area contributed by atoms with Gasteiger partial charge in [0.15, 0.2) is 0 Å². The highest BCUT2D eigenvalue weighted by Gasteiger charge is 2.43. The molecular formula is C23H29Cl2F4N3. The molecule has 178 valence electrons. The van der Waals surface area contributed by atoms with Crippen LogP contribution in [0.4, 0.5) is 17.6 Å². The molecule has 2 aromatic carbocycles. The molecule has 9 heteroatoms. The van der Waals surface area contributed by atoms with E-state index in [1.54, 1.807) is 0 Å². The van der Waals surface area contributed by atoms with Gasteiger partial charge in [-0.1, -0.05) is 24.3 Å². The summed E-state index contributed by atoms with van der Waals surface area (Å²) < 4.78 is 53.1. The Hall–Kier alpha value is -1.38. The minimum atomic E-state index is -4.55. The lowest BCUT2D eigenvalue weighted by molar-refractivity contribution is -0.137. The topological polar surface area (TPSA) is 18.5 Å². The highest BCUT2D eigenvalue weighted by atomic mass is 35.5. The van der Waals surface area contributed by atoms with Gasteiger partial charge in [-0.15, -0.1) is 24.8 Å². The fraction of sp³-hybridized carbons (Fsp3) is 0.478. The summed E-state index contributed by atoms with van der Waals surface area (Å²) >= 11 is 0. The van der Waals surface area contributed by atoms with E-state index in [4.69, 9.17) is 0 Å². The van der Waals surface area contributed by atoms with Gasteiger partial charge in [-0.05, 0) is 54.8 Å². The molecule has 3 nitrogen and oxygen atoms in total. The molecule has 1 fully saturated rings. The molecule has 0 unspecified atom stereocenters. The number of hydrogen-bond donors (Lipinski definition) is 1. The molecule has 2 aliphatic rings. The molecule has 0 saturated carbocycles. The molecule has 0 atom stereocenters. The third-order valence-electron chi connectivity index (χ3n) is 6.25. The zero-order valence-corrected chi connectivity index (χ0v) is 19.6. The van der Waals surface area contributed by atoms with Crippen molar-refractivity contribution in [1.29, 1.82) is 0 Å². The molecule has 1 aliphatic carbocycles. The van der Waals surface area contributed by atoms with Crippen LogP contribution < -0.4 is 5.32 Å². The minimum Gasteiger partial charge on any atom is -0.314 e. The highest BCUT2D eigenvalue weighted by Crippen LogP contribution is 2.36. The van der Waals surface area contributed by atoms with Crippen molar-refractivity contribution in [3.8, 4) is 0 Å². The highest BCUT2D eigenvalue weighted by molar-refractivity contribution is 5.85. The van der Waals surface area contributed by atoms with Crippen LogP contribution in [0.2, 0.25) is 0 Å². The lowest BCUT2D eigenvalue weighted by atomic mass is 9.91. The predicted octanol–water partition coefficient (Wildman–Crippen LogP) is 4.56. The molecule has 0 aromatic heterocycles.